The van der Waals surface area contributed by atoms with Gasteiger partial charge >= 0.3 is 6.09 Å². The Morgan fingerprint density at radius 3 is 2.67 bits per heavy atom. The van der Waals surface area contributed by atoms with Crippen LogP contribution in [0.5, 0.6) is 0 Å². The van der Waals surface area contributed by atoms with Crippen LogP contribution in [0, 0.1) is 10.1 Å². The Morgan fingerprint density at radius 2 is 2.14 bits per heavy atom. The molecule has 0 radical (unpaired) electrons. The van der Waals surface area contributed by atoms with E-state index in [2.05, 4.69) is 5.32 Å². The number of carbonyl (C=O) groups excluding carboxylic acids is 1. The first kappa shape index (κ1) is 17.2. The van der Waals surface area contributed by atoms with Crippen LogP contribution in [0.15, 0.2) is 18.2 Å². The summed E-state index contributed by atoms with van der Waals surface area (Å²) in [7, 11) is 0. The van der Waals surface area contributed by atoms with Gasteiger partial charge in [-0.1, -0.05) is 11.6 Å². The molecule has 0 saturated heterocycles. The maximum Gasteiger partial charge on any atom is 0.407 e. The number of non-ortho nitro benzene ring substituents is 1. The first-order chi connectivity index (χ1) is 9.60. The molecular formula is C13H18ClN3O4. The van der Waals surface area contributed by atoms with Crippen LogP contribution in [0.1, 0.15) is 32.4 Å². The molecule has 1 aromatic carbocycles. The second-order valence-corrected chi connectivity index (χ2v) is 5.86. The predicted molar refractivity (Wildman–Crippen MR) is 79.3 cm³/mol. The monoisotopic (exact) mass is 315 g/mol. The number of nitro groups is 1. The lowest BCUT2D eigenvalue weighted by Gasteiger charge is -2.21. The summed E-state index contributed by atoms with van der Waals surface area (Å²) in [6.45, 7) is 5.27. The lowest BCUT2D eigenvalue weighted by atomic mass is 10.1. The number of nitrogens with one attached hydrogen (secondary N) is 1. The third-order valence-corrected chi connectivity index (χ3v) is 2.80. The van der Waals surface area contributed by atoms with Crippen molar-refractivity contribution >= 4 is 23.4 Å². The van der Waals surface area contributed by atoms with Crippen molar-refractivity contribution in [2.24, 2.45) is 5.73 Å². The summed E-state index contributed by atoms with van der Waals surface area (Å²) in [5.74, 6) is 0. The molecule has 21 heavy (non-hydrogen) atoms. The van der Waals surface area contributed by atoms with E-state index in [4.69, 9.17) is 22.1 Å². The van der Waals surface area contributed by atoms with Crippen LogP contribution in [-0.4, -0.2) is 23.2 Å². The molecule has 8 heteroatoms. The average molecular weight is 316 g/mol. The largest absolute Gasteiger partial charge is 0.444 e. The Kier molecular flexibility index (Phi) is 5.51. The normalized spacial score (nSPS) is 12.6. The summed E-state index contributed by atoms with van der Waals surface area (Å²) in [4.78, 5) is 21.7. The maximum atomic E-state index is 11.5. The first-order valence-corrected chi connectivity index (χ1v) is 6.64. The molecule has 0 heterocycles. The summed E-state index contributed by atoms with van der Waals surface area (Å²) in [5, 5.41) is 13.5. The average Bonchev–Trinajstić information content (AvgIpc) is 2.34. The number of amides is 1. The third kappa shape index (κ3) is 5.57. The van der Waals surface area contributed by atoms with Crippen molar-refractivity contribution in [3.8, 4) is 0 Å². The van der Waals surface area contributed by atoms with Crippen molar-refractivity contribution < 1.29 is 14.5 Å². The molecule has 1 amide bonds. The Bertz CT molecular complexity index is 543. The van der Waals surface area contributed by atoms with Crippen molar-refractivity contribution in [2.75, 3.05) is 6.54 Å². The number of hydrogen-bond acceptors (Lipinski definition) is 5. The number of nitro benzene ring substituents is 1. The molecule has 0 fully saturated rings. The number of rotatable bonds is 4. The number of halogens is 1. The Morgan fingerprint density at radius 1 is 1.52 bits per heavy atom. The van der Waals surface area contributed by atoms with Crippen molar-refractivity contribution in [1.29, 1.82) is 0 Å². The highest BCUT2D eigenvalue weighted by Crippen LogP contribution is 2.26. The second-order valence-electron chi connectivity index (χ2n) is 5.45. The topological polar surface area (TPSA) is 107 Å². The molecule has 0 spiro atoms. The molecule has 116 valence electrons. The van der Waals surface area contributed by atoms with Gasteiger partial charge in [0.15, 0.2) is 0 Å². The second kappa shape index (κ2) is 6.73. The van der Waals surface area contributed by atoms with Gasteiger partial charge in [-0.3, -0.25) is 10.1 Å². The van der Waals surface area contributed by atoms with Gasteiger partial charge in [0.2, 0.25) is 0 Å². The minimum absolute atomic E-state index is 0.0514. The van der Waals surface area contributed by atoms with Gasteiger partial charge in [-0.25, -0.2) is 4.79 Å². The van der Waals surface area contributed by atoms with E-state index < -0.39 is 22.7 Å². The number of alkyl carbamates (subject to hydrolysis) is 1. The molecule has 0 aliphatic carbocycles. The van der Waals surface area contributed by atoms with Crippen LogP contribution in [0.2, 0.25) is 5.02 Å². The van der Waals surface area contributed by atoms with Crippen LogP contribution in [0.4, 0.5) is 10.5 Å². The summed E-state index contributed by atoms with van der Waals surface area (Å²) in [6.07, 6.45) is -0.612. The zero-order valence-corrected chi connectivity index (χ0v) is 12.8. The first-order valence-electron chi connectivity index (χ1n) is 6.26. The van der Waals surface area contributed by atoms with E-state index >= 15 is 0 Å². The highest BCUT2D eigenvalue weighted by Gasteiger charge is 2.19. The van der Waals surface area contributed by atoms with E-state index in [1.165, 1.54) is 18.2 Å². The fraction of sp³-hybridized carbons (Fsp3) is 0.462. The van der Waals surface area contributed by atoms with Gasteiger partial charge in [0.25, 0.3) is 5.69 Å². The highest BCUT2D eigenvalue weighted by atomic mass is 35.5. The highest BCUT2D eigenvalue weighted by molar-refractivity contribution is 6.31. The van der Waals surface area contributed by atoms with E-state index in [9.17, 15) is 14.9 Å². The fourth-order valence-electron chi connectivity index (χ4n) is 1.55. The summed E-state index contributed by atoms with van der Waals surface area (Å²) < 4.78 is 5.07. The Balaban J connectivity index is 2.72. The molecule has 0 saturated carbocycles. The number of nitrogens with zero attached hydrogens (tertiary/aromatic N) is 1. The molecule has 0 aliphatic rings. The molecule has 0 bridgehead atoms. The molecule has 3 N–H and O–H groups in total. The molecule has 1 unspecified atom stereocenters. The van der Waals surface area contributed by atoms with Gasteiger partial charge < -0.3 is 15.8 Å². The van der Waals surface area contributed by atoms with Crippen molar-refractivity contribution in [2.45, 2.75) is 32.4 Å². The van der Waals surface area contributed by atoms with Gasteiger partial charge in [0.1, 0.15) is 5.60 Å². The zero-order chi connectivity index (χ0) is 16.2. The van der Waals surface area contributed by atoms with Gasteiger partial charge in [0.05, 0.1) is 4.92 Å². The number of nitrogens with two attached hydrogens (primary N) is 1. The smallest absolute Gasteiger partial charge is 0.407 e. The van der Waals surface area contributed by atoms with Crippen LogP contribution < -0.4 is 11.1 Å². The van der Waals surface area contributed by atoms with Crippen molar-refractivity contribution in [1.82, 2.24) is 5.32 Å². The van der Waals surface area contributed by atoms with Crippen LogP contribution in [0.3, 0.4) is 0 Å². The predicted octanol–water partition coefficient (Wildman–Crippen LogP) is 2.77. The summed E-state index contributed by atoms with van der Waals surface area (Å²) in [6, 6.07) is 3.32. The van der Waals surface area contributed by atoms with Gasteiger partial charge in [-0.2, -0.15) is 0 Å². The van der Waals surface area contributed by atoms with Gasteiger partial charge in [0, 0.05) is 29.7 Å². The minimum Gasteiger partial charge on any atom is -0.444 e. The molecule has 1 rings (SSSR count). The fourth-order valence-corrected chi connectivity index (χ4v) is 1.80. The van der Waals surface area contributed by atoms with Gasteiger partial charge in [-0.15, -0.1) is 0 Å². The Hall–Kier alpha value is -1.86. The zero-order valence-electron chi connectivity index (χ0n) is 12.1. The van der Waals surface area contributed by atoms with E-state index in [0.717, 1.165) is 0 Å². The molecule has 0 aromatic heterocycles. The van der Waals surface area contributed by atoms with E-state index in [-0.39, 0.29) is 12.2 Å². The van der Waals surface area contributed by atoms with Crippen LogP contribution in [0.25, 0.3) is 0 Å². The lowest BCUT2D eigenvalue weighted by molar-refractivity contribution is -0.384. The van der Waals surface area contributed by atoms with Crippen LogP contribution >= 0.6 is 11.6 Å². The van der Waals surface area contributed by atoms with Crippen molar-refractivity contribution in [3.63, 3.8) is 0 Å². The summed E-state index contributed by atoms with van der Waals surface area (Å²) >= 11 is 5.97. The Labute approximate surface area is 127 Å². The number of ether oxygens (including phenoxy) is 1. The van der Waals surface area contributed by atoms with E-state index in [1.54, 1.807) is 20.8 Å². The molecule has 0 aliphatic heterocycles. The quantitative estimate of drug-likeness (QED) is 0.656. The lowest BCUT2D eigenvalue weighted by Crippen LogP contribution is -2.36. The number of carbonyl (C=O) groups is 1. The molecule has 1 atom stereocenters. The maximum absolute atomic E-state index is 11.5. The number of hydrogen-bond donors (Lipinski definition) is 2. The van der Waals surface area contributed by atoms with E-state index in [1.807, 2.05) is 0 Å². The number of benzene rings is 1. The van der Waals surface area contributed by atoms with E-state index in [0.29, 0.717) is 10.6 Å². The summed E-state index contributed by atoms with van der Waals surface area (Å²) in [5.41, 5.74) is 5.57. The molecule has 1 aromatic rings. The van der Waals surface area contributed by atoms with Crippen LogP contribution in [-0.2, 0) is 4.74 Å². The third-order valence-electron chi connectivity index (χ3n) is 2.46. The van der Waals surface area contributed by atoms with Crippen molar-refractivity contribution in [3.05, 3.63) is 38.9 Å². The molecule has 7 nitrogen and oxygen atoms in total. The molecular weight excluding hydrogens is 298 g/mol. The standard InChI is InChI=1S/C13H18ClN3O4/c1-13(2,3)21-12(18)16-7-11(15)9-6-8(17(19)20)4-5-10(9)14/h4-6,11H,7,15H2,1-3H3,(H,16,18). The van der Waals surface area contributed by atoms with Gasteiger partial charge in [-0.05, 0) is 32.4 Å². The SMILES string of the molecule is CC(C)(C)OC(=O)NCC(N)c1cc([N+](=O)[O-])ccc1Cl. The minimum atomic E-state index is -0.676.